The van der Waals surface area contributed by atoms with Gasteiger partial charge in [-0.3, -0.25) is 0 Å². The van der Waals surface area contributed by atoms with E-state index < -0.39 is 11.9 Å². The Morgan fingerprint density at radius 2 is 2.36 bits per heavy atom. The van der Waals surface area contributed by atoms with E-state index in [1.807, 2.05) is 0 Å². The molecule has 1 rings (SSSR count). The first kappa shape index (κ1) is 8.43. The lowest BCUT2D eigenvalue weighted by Gasteiger charge is -2.04. The second-order valence-electron chi connectivity index (χ2n) is 2.20. The first-order chi connectivity index (χ1) is 5.11. The number of nitrogens with zero attached hydrogens (tertiary/aromatic N) is 1. The van der Waals surface area contributed by atoms with E-state index in [1.54, 1.807) is 0 Å². The summed E-state index contributed by atoms with van der Waals surface area (Å²) in [5, 5.41) is 9.19. The SMILES string of the molecule is C[C@@H](O)c1cc(Cl)ncc1F. The van der Waals surface area contributed by atoms with Gasteiger partial charge in [-0.1, -0.05) is 11.6 Å². The molecule has 0 saturated carbocycles. The minimum Gasteiger partial charge on any atom is -0.389 e. The molecule has 0 bridgehead atoms. The highest BCUT2D eigenvalue weighted by molar-refractivity contribution is 6.29. The van der Waals surface area contributed by atoms with E-state index in [4.69, 9.17) is 16.7 Å². The van der Waals surface area contributed by atoms with Crippen LogP contribution < -0.4 is 0 Å². The largest absolute Gasteiger partial charge is 0.389 e. The molecule has 0 aliphatic carbocycles. The summed E-state index contributed by atoms with van der Waals surface area (Å²) in [6.45, 7) is 1.47. The van der Waals surface area contributed by atoms with E-state index in [1.165, 1.54) is 13.0 Å². The average Bonchev–Trinajstić information content (AvgIpc) is 1.94. The third kappa shape index (κ3) is 1.88. The Morgan fingerprint density at radius 1 is 1.73 bits per heavy atom. The lowest BCUT2D eigenvalue weighted by atomic mass is 10.2. The molecule has 60 valence electrons. The standard InChI is InChI=1S/C7H7ClFNO/c1-4(11)5-2-7(8)10-3-6(5)9/h2-4,11H,1H3/t4-/m1/s1. The zero-order chi connectivity index (χ0) is 8.43. The topological polar surface area (TPSA) is 33.1 Å². The van der Waals surface area contributed by atoms with Gasteiger partial charge in [0.2, 0.25) is 0 Å². The summed E-state index contributed by atoms with van der Waals surface area (Å²) in [4.78, 5) is 3.50. The highest BCUT2D eigenvalue weighted by atomic mass is 35.5. The Bertz CT molecular complexity index is 265. The summed E-state index contributed by atoms with van der Waals surface area (Å²) in [7, 11) is 0. The third-order valence-electron chi connectivity index (χ3n) is 1.30. The van der Waals surface area contributed by atoms with Gasteiger partial charge in [-0.15, -0.1) is 0 Å². The van der Waals surface area contributed by atoms with Gasteiger partial charge in [0.15, 0.2) is 0 Å². The highest BCUT2D eigenvalue weighted by Crippen LogP contribution is 2.18. The van der Waals surface area contributed by atoms with Gasteiger partial charge in [0.25, 0.3) is 0 Å². The van der Waals surface area contributed by atoms with Gasteiger partial charge >= 0.3 is 0 Å². The number of halogens is 2. The summed E-state index contributed by atoms with van der Waals surface area (Å²) in [6, 6.07) is 1.31. The Morgan fingerprint density at radius 3 is 2.82 bits per heavy atom. The zero-order valence-electron chi connectivity index (χ0n) is 5.88. The molecule has 1 N–H and O–H groups in total. The fourth-order valence-electron chi connectivity index (χ4n) is 0.748. The average molecular weight is 176 g/mol. The van der Waals surface area contributed by atoms with Crippen LogP contribution in [0.15, 0.2) is 12.3 Å². The van der Waals surface area contributed by atoms with Crippen LogP contribution in [-0.4, -0.2) is 10.1 Å². The molecule has 0 aromatic carbocycles. The maximum absolute atomic E-state index is 12.7. The Labute approximate surface area is 68.6 Å². The molecule has 11 heavy (non-hydrogen) atoms. The predicted octanol–water partition coefficient (Wildman–Crippen LogP) is 1.93. The molecule has 4 heteroatoms. The molecular weight excluding hydrogens is 169 g/mol. The first-order valence-corrected chi connectivity index (χ1v) is 3.48. The molecule has 0 spiro atoms. The molecule has 1 atom stereocenters. The molecule has 0 radical (unpaired) electrons. The number of hydrogen-bond donors (Lipinski definition) is 1. The van der Waals surface area contributed by atoms with Crippen molar-refractivity contribution in [3.05, 3.63) is 28.8 Å². The van der Waals surface area contributed by atoms with E-state index in [-0.39, 0.29) is 10.7 Å². The molecule has 0 aliphatic rings. The lowest BCUT2D eigenvalue weighted by Crippen LogP contribution is -1.96. The van der Waals surface area contributed by atoms with Crippen molar-refractivity contribution < 1.29 is 9.50 Å². The minimum atomic E-state index is -0.851. The summed E-state index contributed by atoms with van der Waals surface area (Å²) < 4.78 is 12.7. The van der Waals surface area contributed by atoms with Crippen LogP contribution in [0.1, 0.15) is 18.6 Å². The number of pyridine rings is 1. The van der Waals surface area contributed by atoms with E-state index in [2.05, 4.69) is 4.98 Å². The van der Waals surface area contributed by atoms with Gasteiger partial charge < -0.3 is 5.11 Å². The van der Waals surface area contributed by atoms with Crippen LogP contribution in [0.2, 0.25) is 5.15 Å². The fourth-order valence-corrected chi connectivity index (χ4v) is 0.914. The Balaban J connectivity index is 3.13. The first-order valence-electron chi connectivity index (χ1n) is 3.10. The van der Waals surface area contributed by atoms with Crippen LogP contribution in [-0.2, 0) is 0 Å². The van der Waals surface area contributed by atoms with Crippen LogP contribution in [0.4, 0.5) is 4.39 Å². The number of rotatable bonds is 1. The van der Waals surface area contributed by atoms with E-state index >= 15 is 0 Å². The second kappa shape index (κ2) is 3.15. The smallest absolute Gasteiger partial charge is 0.147 e. The summed E-state index contributed by atoms with van der Waals surface area (Å²) >= 11 is 5.47. The monoisotopic (exact) mass is 175 g/mol. The summed E-state index contributed by atoms with van der Waals surface area (Å²) in [5.41, 5.74) is 0.171. The lowest BCUT2D eigenvalue weighted by molar-refractivity contribution is 0.194. The van der Waals surface area contributed by atoms with Gasteiger partial charge in [0, 0.05) is 5.56 Å². The van der Waals surface area contributed by atoms with Crippen molar-refractivity contribution in [3.8, 4) is 0 Å². The molecule has 2 nitrogen and oxygen atoms in total. The fraction of sp³-hybridized carbons (Fsp3) is 0.286. The normalized spacial score (nSPS) is 13.1. The highest BCUT2D eigenvalue weighted by Gasteiger charge is 2.08. The van der Waals surface area contributed by atoms with Crippen LogP contribution >= 0.6 is 11.6 Å². The molecule has 0 fully saturated rings. The van der Waals surface area contributed by atoms with Crippen molar-refractivity contribution >= 4 is 11.6 Å². The van der Waals surface area contributed by atoms with Crippen molar-refractivity contribution in [1.82, 2.24) is 4.98 Å². The van der Waals surface area contributed by atoms with E-state index in [0.29, 0.717) is 0 Å². The summed E-state index contributed by atoms with van der Waals surface area (Å²) in [6.07, 6.45) is 0.139. The van der Waals surface area contributed by atoms with Crippen LogP contribution in [0.3, 0.4) is 0 Å². The maximum Gasteiger partial charge on any atom is 0.147 e. The minimum absolute atomic E-state index is 0.171. The molecule has 0 amide bonds. The molecule has 0 saturated heterocycles. The van der Waals surface area contributed by atoms with Gasteiger partial charge in [-0.2, -0.15) is 0 Å². The number of aliphatic hydroxyl groups is 1. The molecule has 1 aromatic heterocycles. The Hall–Kier alpha value is -0.670. The van der Waals surface area contributed by atoms with Crippen molar-refractivity contribution in [2.24, 2.45) is 0 Å². The van der Waals surface area contributed by atoms with Crippen molar-refractivity contribution in [2.75, 3.05) is 0 Å². The van der Waals surface area contributed by atoms with Crippen molar-refractivity contribution in [3.63, 3.8) is 0 Å². The van der Waals surface area contributed by atoms with Crippen molar-refractivity contribution in [1.29, 1.82) is 0 Å². The van der Waals surface area contributed by atoms with Crippen LogP contribution in [0.25, 0.3) is 0 Å². The quantitative estimate of drug-likeness (QED) is 0.662. The predicted molar refractivity (Wildman–Crippen MR) is 39.8 cm³/mol. The Kier molecular flexibility index (Phi) is 2.42. The van der Waals surface area contributed by atoms with E-state index in [9.17, 15) is 4.39 Å². The van der Waals surface area contributed by atoms with Gasteiger partial charge in [-0.25, -0.2) is 9.37 Å². The number of hydrogen-bond acceptors (Lipinski definition) is 2. The second-order valence-corrected chi connectivity index (χ2v) is 2.59. The number of aliphatic hydroxyl groups excluding tert-OH is 1. The zero-order valence-corrected chi connectivity index (χ0v) is 6.64. The van der Waals surface area contributed by atoms with Gasteiger partial charge in [0.05, 0.1) is 12.3 Å². The maximum atomic E-state index is 12.7. The van der Waals surface area contributed by atoms with Crippen molar-refractivity contribution in [2.45, 2.75) is 13.0 Å². The van der Waals surface area contributed by atoms with Crippen LogP contribution in [0.5, 0.6) is 0 Å². The number of aromatic nitrogens is 1. The molecule has 1 heterocycles. The molecular formula is C7H7ClFNO. The molecule has 0 unspecified atom stereocenters. The molecule has 0 aliphatic heterocycles. The van der Waals surface area contributed by atoms with E-state index in [0.717, 1.165) is 6.20 Å². The van der Waals surface area contributed by atoms with Gasteiger partial charge in [-0.05, 0) is 13.0 Å². The van der Waals surface area contributed by atoms with Crippen LogP contribution in [0, 0.1) is 5.82 Å². The van der Waals surface area contributed by atoms with Gasteiger partial charge in [0.1, 0.15) is 11.0 Å². The third-order valence-corrected chi connectivity index (χ3v) is 1.51. The summed E-state index contributed by atoms with van der Waals surface area (Å²) in [5.74, 6) is -0.538. The molecule has 1 aromatic rings.